The number of methoxy groups -OCH3 is 1. The summed E-state index contributed by atoms with van der Waals surface area (Å²) in [5.74, 6) is 1.39. The van der Waals surface area contributed by atoms with Gasteiger partial charge in [0.15, 0.2) is 5.65 Å². The van der Waals surface area contributed by atoms with Gasteiger partial charge in [-0.3, -0.25) is 9.36 Å². The van der Waals surface area contributed by atoms with Gasteiger partial charge in [-0.15, -0.1) is 0 Å². The lowest BCUT2D eigenvalue weighted by molar-refractivity contribution is 0.211. The molecule has 4 heterocycles. The summed E-state index contributed by atoms with van der Waals surface area (Å²) in [6, 6.07) is 6.27. The summed E-state index contributed by atoms with van der Waals surface area (Å²) in [5.41, 5.74) is 3.96. The highest BCUT2D eigenvalue weighted by Crippen LogP contribution is 2.34. The number of aromatic nitrogens is 4. The second-order valence-corrected chi connectivity index (χ2v) is 11.8. The molecule has 10 nitrogen and oxygen atoms in total. The maximum absolute atomic E-state index is 14.0. The second-order valence-electron chi connectivity index (χ2n) is 11.8. The third-order valence-electron chi connectivity index (χ3n) is 8.91. The highest BCUT2D eigenvalue weighted by molar-refractivity contribution is 5.74. The quantitative estimate of drug-likeness (QED) is 0.492. The Labute approximate surface area is 236 Å². The van der Waals surface area contributed by atoms with Crippen molar-refractivity contribution in [1.82, 2.24) is 29.3 Å². The predicted molar refractivity (Wildman–Crippen MR) is 159 cm³/mol. The van der Waals surface area contributed by atoms with E-state index in [4.69, 9.17) is 14.7 Å². The van der Waals surface area contributed by atoms with Gasteiger partial charge in [0.2, 0.25) is 5.95 Å². The Balaban J connectivity index is 1.35. The minimum atomic E-state index is 0.0264. The molecule has 0 amide bonds. The molecular formula is C30H42N8O2. The van der Waals surface area contributed by atoms with E-state index >= 15 is 0 Å². The number of likely N-dealkylation sites (N-methyl/N-ethyl adjacent to an activating group) is 2. The minimum absolute atomic E-state index is 0.0264. The molecule has 0 unspecified atom stereocenters. The molecule has 0 radical (unpaired) electrons. The molecule has 3 aliphatic rings. The number of nitrogens with zero attached hydrogens (tertiary/aromatic N) is 7. The maximum atomic E-state index is 14.0. The molecule has 1 atom stereocenters. The van der Waals surface area contributed by atoms with E-state index in [-0.39, 0.29) is 17.5 Å². The van der Waals surface area contributed by atoms with Gasteiger partial charge in [-0.25, -0.2) is 9.97 Å². The summed E-state index contributed by atoms with van der Waals surface area (Å²) in [5, 5.41) is 3.36. The largest absolute Gasteiger partial charge is 0.494 e. The van der Waals surface area contributed by atoms with Gasteiger partial charge in [-0.2, -0.15) is 4.98 Å². The van der Waals surface area contributed by atoms with Crippen molar-refractivity contribution in [1.29, 1.82) is 0 Å². The van der Waals surface area contributed by atoms with Crippen molar-refractivity contribution in [2.24, 2.45) is 0 Å². The second kappa shape index (κ2) is 11.7. The zero-order valence-electron chi connectivity index (χ0n) is 24.1. The Kier molecular flexibility index (Phi) is 7.89. The minimum Gasteiger partial charge on any atom is -0.494 e. The van der Waals surface area contributed by atoms with Gasteiger partial charge in [0.25, 0.3) is 5.56 Å². The van der Waals surface area contributed by atoms with Crippen LogP contribution in [0.25, 0.3) is 11.2 Å². The number of hydrogen-bond acceptors (Lipinski definition) is 9. The first-order valence-electron chi connectivity index (χ1n) is 14.9. The Morgan fingerprint density at radius 3 is 2.48 bits per heavy atom. The number of anilines is 3. The van der Waals surface area contributed by atoms with E-state index in [1.165, 1.54) is 6.42 Å². The average Bonchev–Trinajstić information content (AvgIpc) is 2.98. The number of hydrogen-bond donors (Lipinski definition) is 1. The van der Waals surface area contributed by atoms with Crippen LogP contribution in [0.5, 0.6) is 5.75 Å². The molecule has 2 aromatic heterocycles. The standard InChI is InChI=1S/C30H42N8O2/c1-35-14-16-37(17-15-35)22-11-12-24(26(18-22)40-3)33-30-31-19-25-28(34-30)38(23-10-7-13-36(2)20-23)29(39)27(32-25)21-8-5-4-6-9-21/h11-12,18-19,21,23H,4-10,13-17,20H2,1-3H3,(H,31,33,34)/t23-/m1/s1. The smallest absolute Gasteiger partial charge is 0.274 e. The number of fused-ring (bicyclic) bond motifs is 1. The predicted octanol–water partition coefficient (Wildman–Crippen LogP) is 4.00. The van der Waals surface area contributed by atoms with Crippen LogP contribution in [0.3, 0.4) is 0 Å². The lowest BCUT2D eigenvalue weighted by Crippen LogP contribution is -2.44. The number of nitrogens with one attached hydrogen (secondary N) is 1. The van der Waals surface area contributed by atoms with Crippen molar-refractivity contribution < 1.29 is 4.74 Å². The number of piperidine rings is 1. The van der Waals surface area contributed by atoms with Gasteiger partial charge in [0.05, 0.1) is 25.0 Å². The van der Waals surface area contributed by atoms with Crippen molar-refractivity contribution >= 4 is 28.5 Å². The Morgan fingerprint density at radius 2 is 1.73 bits per heavy atom. The summed E-state index contributed by atoms with van der Waals surface area (Å²) in [4.78, 5) is 35.5. The zero-order valence-corrected chi connectivity index (χ0v) is 24.1. The van der Waals surface area contributed by atoms with Crippen molar-refractivity contribution in [3.05, 3.63) is 40.4 Å². The molecule has 1 saturated carbocycles. The molecule has 1 aromatic carbocycles. The van der Waals surface area contributed by atoms with Crippen LogP contribution < -0.4 is 20.5 Å². The SMILES string of the molecule is COc1cc(N2CCN(C)CC2)ccc1Nc1ncc2nc(C3CCCCC3)c(=O)n([C@@H]3CCCN(C)C3)c2n1. The number of piperazine rings is 1. The Hall–Kier alpha value is -3.24. The van der Waals surface area contributed by atoms with Gasteiger partial charge >= 0.3 is 0 Å². The fourth-order valence-electron chi connectivity index (χ4n) is 6.58. The summed E-state index contributed by atoms with van der Waals surface area (Å²) in [6.45, 7) is 5.95. The van der Waals surface area contributed by atoms with E-state index in [1.807, 2.05) is 10.6 Å². The Morgan fingerprint density at radius 1 is 0.925 bits per heavy atom. The Bertz CT molecular complexity index is 1390. The molecule has 0 bridgehead atoms. The third kappa shape index (κ3) is 5.51. The van der Waals surface area contributed by atoms with Gasteiger partial charge in [-0.1, -0.05) is 19.3 Å². The lowest BCUT2D eigenvalue weighted by Gasteiger charge is -2.34. The fraction of sp³-hybridized carbons (Fsp3) is 0.600. The maximum Gasteiger partial charge on any atom is 0.274 e. The third-order valence-corrected chi connectivity index (χ3v) is 8.91. The van der Waals surface area contributed by atoms with Crippen molar-refractivity contribution in [2.75, 3.05) is 70.7 Å². The number of rotatable bonds is 6. The molecule has 1 aliphatic carbocycles. The molecule has 0 spiro atoms. The summed E-state index contributed by atoms with van der Waals surface area (Å²) in [7, 11) is 5.97. The van der Waals surface area contributed by atoms with Crippen LogP contribution in [0, 0.1) is 0 Å². The number of ether oxygens (including phenoxy) is 1. The van der Waals surface area contributed by atoms with E-state index in [0.717, 1.165) is 94.9 Å². The van der Waals surface area contributed by atoms with E-state index < -0.39 is 0 Å². The molecule has 3 aromatic rings. The summed E-state index contributed by atoms with van der Waals surface area (Å²) >= 11 is 0. The normalized spacial score (nSPS) is 21.6. The lowest BCUT2D eigenvalue weighted by atomic mass is 9.87. The molecule has 10 heteroatoms. The monoisotopic (exact) mass is 546 g/mol. The zero-order chi connectivity index (χ0) is 27.6. The molecule has 40 heavy (non-hydrogen) atoms. The van der Waals surface area contributed by atoms with E-state index in [1.54, 1.807) is 13.3 Å². The molecule has 2 aliphatic heterocycles. The first-order valence-corrected chi connectivity index (χ1v) is 14.9. The molecule has 6 rings (SSSR count). The van der Waals surface area contributed by atoms with Crippen LogP contribution in [0.1, 0.15) is 62.6 Å². The van der Waals surface area contributed by atoms with Crippen molar-refractivity contribution in [3.63, 3.8) is 0 Å². The van der Waals surface area contributed by atoms with Crippen LogP contribution in [0.4, 0.5) is 17.3 Å². The topological polar surface area (TPSA) is 91.7 Å². The van der Waals surface area contributed by atoms with Crippen LogP contribution >= 0.6 is 0 Å². The van der Waals surface area contributed by atoms with E-state index in [0.29, 0.717) is 22.8 Å². The summed E-state index contributed by atoms with van der Waals surface area (Å²) in [6.07, 6.45) is 9.40. The van der Waals surface area contributed by atoms with E-state index in [9.17, 15) is 4.79 Å². The molecule has 2 saturated heterocycles. The number of likely N-dealkylation sites (tertiary alicyclic amines) is 1. The number of benzene rings is 1. The van der Waals surface area contributed by atoms with Crippen LogP contribution in [0.15, 0.2) is 29.2 Å². The molecular weight excluding hydrogens is 504 g/mol. The first kappa shape index (κ1) is 27.0. The van der Waals surface area contributed by atoms with Gasteiger partial charge in [-0.05, 0) is 58.5 Å². The molecule has 214 valence electrons. The van der Waals surface area contributed by atoms with Gasteiger partial charge in [0.1, 0.15) is 17.0 Å². The van der Waals surface area contributed by atoms with Crippen LogP contribution in [-0.4, -0.2) is 89.8 Å². The average molecular weight is 547 g/mol. The van der Waals surface area contributed by atoms with Crippen molar-refractivity contribution in [3.8, 4) is 5.75 Å². The van der Waals surface area contributed by atoms with Crippen molar-refractivity contribution in [2.45, 2.75) is 56.9 Å². The highest BCUT2D eigenvalue weighted by atomic mass is 16.5. The van der Waals surface area contributed by atoms with Gasteiger partial charge in [0, 0.05) is 50.4 Å². The van der Waals surface area contributed by atoms with Crippen LogP contribution in [0.2, 0.25) is 0 Å². The van der Waals surface area contributed by atoms with Crippen LogP contribution in [-0.2, 0) is 0 Å². The first-order chi connectivity index (χ1) is 19.5. The van der Waals surface area contributed by atoms with E-state index in [2.05, 4.69) is 51.2 Å². The fourth-order valence-corrected chi connectivity index (χ4v) is 6.58. The summed E-state index contributed by atoms with van der Waals surface area (Å²) < 4.78 is 7.70. The highest BCUT2D eigenvalue weighted by Gasteiger charge is 2.28. The van der Waals surface area contributed by atoms with Gasteiger partial charge < -0.3 is 24.8 Å². The molecule has 3 fully saturated rings. The molecule has 1 N–H and O–H groups in total.